The Bertz CT molecular complexity index is 1030. The lowest BCUT2D eigenvalue weighted by Crippen LogP contribution is -2.13. The minimum absolute atomic E-state index is 0.282. The first kappa shape index (κ1) is 20.3. The Balaban J connectivity index is 1.78. The summed E-state index contributed by atoms with van der Waals surface area (Å²) in [6.45, 7) is 4.76. The molecule has 152 valence electrons. The highest BCUT2D eigenvalue weighted by molar-refractivity contribution is 6.05. The van der Waals surface area contributed by atoms with Crippen molar-refractivity contribution in [3.05, 3.63) is 54.2 Å². The van der Waals surface area contributed by atoms with Crippen LogP contribution in [-0.2, 0) is 11.3 Å². The van der Waals surface area contributed by atoms with Crippen LogP contribution in [0.5, 0.6) is 11.5 Å². The van der Waals surface area contributed by atoms with Gasteiger partial charge >= 0.3 is 5.97 Å². The number of hydrogen-bond acceptors (Lipinski definition) is 4. The molecule has 0 saturated carbocycles. The first-order chi connectivity index (χ1) is 14.0. The highest BCUT2D eigenvalue weighted by atomic mass is 16.5. The van der Waals surface area contributed by atoms with Crippen molar-refractivity contribution in [2.24, 2.45) is 0 Å². The van der Waals surface area contributed by atoms with Crippen molar-refractivity contribution in [1.29, 1.82) is 0 Å². The maximum atomic E-state index is 12.7. The van der Waals surface area contributed by atoms with Gasteiger partial charge in [-0.3, -0.25) is 4.79 Å². The van der Waals surface area contributed by atoms with Gasteiger partial charge in [-0.15, -0.1) is 0 Å². The largest absolute Gasteiger partial charge is 0.490 e. The summed E-state index contributed by atoms with van der Waals surface area (Å²) >= 11 is 0. The van der Waals surface area contributed by atoms with E-state index in [4.69, 9.17) is 14.6 Å². The first-order valence-electron chi connectivity index (χ1n) is 9.53. The van der Waals surface area contributed by atoms with E-state index in [9.17, 15) is 9.59 Å². The van der Waals surface area contributed by atoms with Crippen LogP contribution < -0.4 is 14.8 Å². The average Bonchev–Trinajstić information content (AvgIpc) is 3.09. The predicted molar refractivity (Wildman–Crippen MR) is 111 cm³/mol. The van der Waals surface area contributed by atoms with E-state index in [1.54, 1.807) is 19.1 Å². The van der Waals surface area contributed by atoms with Crippen LogP contribution in [0.1, 0.15) is 30.6 Å². The molecule has 2 N–H and O–H groups in total. The zero-order valence-electron chi connectivity index (χ0n) is 16.5. The Morgan fingerprint density at radius 3 is 2.59 bits per heavy atom. The van der Waals surface area contributed by atoms with Crippen LogP contribution in [0.2, 0.25) is 0 Å². The predicted octanol–water partition coefficient (Wildman–Crippen LogP) is 4.17. The summed E-state index contributed by atoms with van der Waals surface area (Å²) in [6.07, 6.45) is 3.10. The molecule has 0 spiro atoms. The van der Waals surface area contributed by atoms with Crippen molar-refractivity contribution in [3.63, 3.8) is 0 Å². The maximum absolute atomic E-state index is 12.7. The molecule has 0 aliphatic heterocycles. The van der Waals surface area contributed by atoms with Crippen LogP contribution in [0.4, 0.5) is 5.69 Å². The van der Waals surface area contributed by atoms with Gasteiger partial charge < -0.3 is 24.5 Å². The lowest BCUT2D eigenvalue weighted by Gasteiger charge is -2.12. The zero-order chi connectivity index (χ0) is 20.8. The molecule has 1 aromatic heterocycles. The summed E-state index contributed by atoms with van der Waals surface area (Å²) in [5, 5.41) is 12.7. The number of carbonyl (C=O) groups excluding carboxylic acids is 1. The molecule has 29 heavy (non-hydrogen) atoms. The average molecular weight is 396 g/mol. The monoisotopic (exact) mass is 396 g/mol. The minimum Gasteiger partial charge on any atom is -0.490 e. The zero-order valence-corrected chi connectivity index (χ0v) is 16.5. The van der Waals surface area contributed by atoms with E-state index in [1.165, 1.54) is 6.07 Å². The highest BCUT2D eigenvalue weighted by Crippen LogP contribution is 2.29. The number of amides is 1. The number of benzene rings is 2. The van der Waals surface area contributed by atoms with Crippen LogP contribution in [0.15, 0.2) is 48.7 Å². The number of ether oxygens (including phenoxy) is 2. The lowest BCUT2D eigenvalue weighted by atomic mass is 10.1. The fourth-order valence-electron chi connectivity index (χ4n) is 3.09. The van der Waals surface area contributed by atoms with E-state index in [2.05, 4.69) is 16.8 Å². The number of nitrogens with one attached hydrogen (secondary N) is 1. The quantitative estimate of drug-likeness (QED) is 0.567. The smallest absolute Gasteiger partial charge is 0.341 e. The third-order valence-electron chi connectivity index (χ3n) is 4.35. The molecular formula is C22H24N2O5. The van der Waals surface area contributed by atoms with Gasteiger partial charge in [-0.25, -0.2) is 4.79 Å². The minimum atomic E-state index is -1.09. The van der Waals surface area contributed by atoms with Gasteiger partial charge in [-0.2, -0.15) is 0 Å². The van der Waals surface area contributed by atoms with Crippen LogP contribution >= 0.6 is 0 Å². The van der Waals surface area contributed by atoms with Gasteiger partial charge in [0.25, 0.3) is 5.91 Å². The van der Waals surface area contributed by atoms with Crippen LogP contribution in [0.3, 0.4) is 0 Å². The summed E-state index contributed by atoms with van der Waals surface area (Å²) in [5.74, 6) is -0.765. The van der Waals surface area contributed by atoms with Gasteiger partial charge in [0.15, 0.2) is 18.1 Å². The fraction of sp³-hybridized carbons (Fsp3) is 0.273. The Labute approximate surface area is 168 Å². The second-order valence-corrected chi connectivity index (χ2v) is 6.51. The first-order valence-corrected chi connectivity index (χ1v) is 9.53. The molecule has 0 unspecified atom stereocenters. The van der Waals surface area contributed by atoms with Crippen LogP contribution in [0.25, 0.3) is 10.9 Å². The molecule has 1 amide bonds. The molecule has 0 fully saturated rings. The topological polar surface area (TPSA) is 89.8 Å². The molecule has 1 heterocycles. The molecule has 7 nitrogen and oxygen atoms in total. The number of aliphatic carboxylic acids is 1. The second-order valence-electron chi connectivity index (χ2n) is 6.51. The summed E-state index contributed by atoms with van der Waals surface area (Å²) in [6, 6.07) is 12.5. The molecule has 3 rings (SSSR count). The number of carbonyl (C=O) groups is 2. The number of nitrogens with zero attached hydrogens (tertiary/aromatic N) is 1. The van der Waals surface area contributed by atoms with E-state index >= 15 is 0 Å². The van der Waals surface area contributed by atoms with Crippen molar-refractivity contribution < 1.29 is 24.2 Å². The van der Waals surface area contributed by atoms with Gasteiger partial charge in [0, 0.05) is 34.9 Å². The van der Waals surface area contributed by atoms with E-state index in [-0.39, 0.29) is 11.7 Å². The van der Waals surface area contributed by atoms with Gasteiger partial charge in [0.2, 0.25) is 0 Å². The third kappa shape index (κ3) is 4.87. The van der Waals surface area contributed by atoms with E-state index in [0.29, 0.717) is 23.6 Å². The van der Waals surface area contributed by atoms with Crippen molar-refractivity contribution in [2.75, 3.05) is 18.5 Å². The molecule has 0 radical (unpaired) electrons. The molecule has 0 atom stereocenters. The van der Waals surface area contributed by atoms with Crippen molar-refractivity contribution in [1.82, 2.24) is 4.57 Å². The summed E-state index contributed by atoms with van der Waals surface area (Å²) < 4.78 is 12.9. The molecule has 0 aliphatic carbocycles. The van der Waals surface area contributed by atoms with Crippen molar-refractivity contribution >= 4 is 28.5 Å². The number of fused-ring (bicyclic) bond motifs is 1. The fourth-order valence-corrected chi connectivity index (χ4v) is 3.09. The normalized spacial score (nSPS) is 10.7. The molecule has 2 aromatic carbocycles. The number of anilines is 1. The van der Waals surface area contributed by atoms with Crippen molar-refractivity contribution in [2.45, 2.75) is 26.8 Å². The molecule has 0 aliphatic rings. The SMILES string of the molecule is CCCn1ccc2cc(NC(=O)c3ccc(OCC(=O)O)c(OCC)c3)ccc21. The lowest BCUT2D eigenvalue weighted by molar-refractivity contribution is -0.139. The Hall–Kier alpha value is -3.48. The Morgan fingerprint density at radius 2 is 1.86 bits per heavy atom. The van der Waals surface area contributed by atoms with E-state index in [1.807, 2.05) is 30.5 Å². The molecular weight excluding hydrogens is 372 g/mol. The molecule has 3 aromatic rings. The summed E-state index contributed by atoms with van der Waals surface area (Å²) in [5.41, 5.74) is 2.21. The molecule has 7 heteroatoms. The standard InChI is InChI=1S/C22H24N2O5/c1-3-10-24-11-9-15-12-17(6-7-18(15)24)23-22(27)16-5-8-19(29-14-21(25)26)20(13-16)28-4-2/h5-9,11-13H,3-4,10,14H2,1-2H3,(H,23,27)(H,25,26). The van der Waals surface area contributed by atoms with E-state index < -0.39 is 12.6 Å². The van der Waals surface area contributed by atoms with Gasteiger partial charge in [-0.05, 0) is 55.8 Å². The van der Waals surface area contributed by atoms with Crippen molar-refractivity contribution in [3.8, 4) is 11.5 Å². The molecule has 0 bridgehead atoms. The second kappa shape index (κ2) is 9.14. The number of aromatic nitrogens is 1. The Morgan fingerprint density at radius 1 is 1.03 bits per heavy atom. The molecule has 0 saturated heterocycles. The summed E-state index contributed by atoms with van der Waals surface area (Å²) in [4.78, 5) is 23.4. The van der Waals surface area contributed by atoms with Gasteiger partial charge in [-0.1, -0.05) is 6.92 Å². The number of rotatable bonds is 9. The third-order valence-corrected chi connectivity index (χ3v) is 4.35. The number of carboxylic acids is 1. The number of hydrogen-bond donors (Lipinski definition) is 2. The van der Waals surface area contributed by atoms with Crippen LogP contribution in [-0.4, -0.2) is 34.8 Å². The van der Waals surface area contributed by atoms with E-state index in [0.717, 1.165) is 23.9 Å². The van der Waals surface area contributed by atoms with Crippen LogP contribution in [0, 0.1) is 0 Å². The summed E-state index contributed by atoms with van der Waals surface area (Å²) in [7, 11) is 0. The van der Waals surface area contributed by atoms with Gasteiger partial charge in [0.1, 0.15) is 0 Å². The number of aryl methyl sites for hydroxylation is 1. The highest BCUT2D eigenvalue weighted by Gasteiger charge is 2.13. The maximum Gasteiger partial charge on any atom is 0.341 e. The van der Waals surface area contributed by atoms with Gasteiger partial charge in [0.05, 0.1) is 6.61 Å². The number of carboxylic acid groups (broad SMARTS) is 1. The Kier molecular flexibility index (Phi) is 6.39.